The van der Waals surface area contributed by atoms with E-state index in [0.29, 0.717) is 18.8 Å². The number of nitrogens with one attached hydrogen (secondary N) is 1. The second kappa shape index (κ2) is 6.55. The van der Waals surface area contributed by atoms with Crippen molar-refractivity contribution in [2.45, 2.75) is 13.5 Å². The fraction of sp³-hybridized carbons (Fsp3) is 0.545. The highest BCUT2D eigenvalue weighted by molar-refractivity contribution is 7.91. The lowest BCUT2D eigenvalue weighted by molar-refractivity contribution is 0.0563. The Morgan fingerprint density at radius 3 is 2.78 bits per heavy atom. The fourth-order valence-electron chi connectivity index (χ4n) is 1.27. The van der Waals surface area contributed by atoms with Crippen LogP contribution in [0.1, 0.15) is 23.2 Å². The van der Waals surface area contributed by atoms with Crippen LogP contribution in [-0.4, -0.2) is 39.5 Å². The highest BCUT2D eigenvalue weighted by Crippen LogP contribution is 2.08. The molecule has 18 heavy (non-hydrogen) atoms. The summed E-state index contributed by atoms with van der Waals surface area (Å²) in [5.74, 6) is 0.394. The SMILES string of the molecule is CCS(=O)(=O)CCNCc1ccc(C(=O)OC)o1. The molecule has 0 spiro atoms. The first-order chi connectivity index (χ1) is 8.48. The second-order valence-corrected chi connectivity index (χ2v) is 6.14. The van der Waals surface area contributed by atoms with Crippen molar-refractivity contribution in [3.05, 3.63) is 23.7 Å². The zero-order valence-corrected chi connectivity index (χ0v) is 11.2. The largest absolute Gasteiger partial charge is 0.463 e. The summed E-state index contributed by atoms with van der Waals surface area (Å²) < 4.78 is 32.1. The number of ether oxygens (including phenoxy) is 1. The highest BCUT2D eigenvalue weighted by atomic mass is 32.2. The average molecular weight is 275 g/mol. The molecular weight excluding hydrogens is 258 g/mol. The monoisotopic (exact) mass is 275 g/mol. The standard InChI is InChI=1S/C11H17NO5S/c1-3-18(14,15)7-6-12-8-9-4-5-10(17-9)11(13)16-2/h4-5,12H,3,6-8H2,1-2H3. The number of hydrogen-bond acceptors (Lipinski definition) is 6. The van der Waals surface area contributed by atoms with Gasteiger partial charge in [0.05, 0.1) is 19.4 Å². The van der Waals surface area contributed by atoms with Crippen molar-refractivity contribution < 1.29 is 22.4 Å². The molecule has 1 rings (SSSR count). The minimum absolute atomic E-state index is 0.0913. The van der Waals surface area contributed by atoms with Crippen LogP contribution in [0.25, 0.3) is 0 Å². The van der Waals surface area contributed by atoms with Crippen LogP contribution in [0.15, 0.2) is 16.5 Å². The third-order valence-electron chi connectivity index (χ3n) is 2.38. The molecule has 0 atom stereocenters. The summed E-state index contributed by atoms with van der Waals surface area (Å²) in [5.41, 5.74) is 0. The van der Waals surface area contributed by atoms with Crippen molar-refractivity contribution in [2.75, 3.05) is 25.2 Å². The van der Waals surface area contributed by atoms with Crippen LogP contribution in [0.5, 0.6) is 0 Å². The van der Waals surface area contributed by atoms with E-state index in [1.807, 2.05) is 0 Å². The van der Waals surface area contributed by atoms with Crippen LogP contribution >= 0.6 is 0 Å². The molecule has 0 fully saturated rings. The molecule has 0 amide bonds. The Kier molecular flexibility index (Phi) is 5.36. The minimum Gasteiger partial charge on any atom is -0.463 e. The van der Waals surface area contributed by atoms with Crippen LogP contribution in [0.3, 0.4) is 0 Å². The molecule has 7 heteroatoms. The lowest BCUT2D eigenvalue weighted by Gasteiger charge is -2.02. The van der Waals surface area contributed by atoms with E-state index < -0.39 is 15.8 Å². The Morgan fingerprint density at radius 2 is 2.17 bits per heavy atom. The van der Waals surface area contributed by atoms with Gasteiger partial charge in [-0.3, -0.25) is 0 Å². The van der Waals surface area contributed by atoms with Crippen molar-refractivity contribution >= 4 is 15.8 Å². The first kappa shape index (κ1) is 14.7. The van der Waals surface area contributed by atoms with Crippen LogP contribution in [-0.2, 0) is 21.1 Å². The molecule has 6 nitrogen and oxygen atoms in total. The summed E-state index contributed by atoms with van der Waals surface area (Å²) in [5, 5.41) is 2.94. The number of carbonyl (C=O) groups is 1. The van der Waals surface area contributed by atoms with Gasteiger partial charge in [-0.2, -0.15) is 0 Å². The normalized spacial score (nSPS) is 11.4. The molecule has 0 radical (unpaired) electrons. The number of furan rings is 1. The Bertz CT molecular complexity index is 491. The van der Waals surface area contributed by atoms with Crippen molar-refractivity contribution in [2.24, 2.45) is 0 Å². The lowest BCUT2D eigenvalue weighted by Crippen LogP contribution is -2.23. The summed E-state index contributed by atoms with van der Waals surface area (Å²) in [4.78, 5) is 11.1. The molecule has 0 bridgehead atoms. The quantitative estimate of drug-likeness (QED) is 0.579. The first-order valence-electron chi connectivity index (χ1n) is 5.56. The molecule has 0 aliphatic rings. The summed E-state index contributed by atoms with van der Waals surface area (Å²) in [6.07, 6.45) is 0. The Balaban J connectivity index is 2.36. The molecule has 0 aromatic carbocycles. The smallest absolute Gasteiger partial charge is 0.373 e. The predicted molar refractivity (Wildman–Crippen MR) is 66.1 cm³/mol. The van der Waals surface area contributed by atoms with Crippen LogP contribution in [0.2, 0.25) is 0 Å². The van der Waals surface area contributed by atoms with Gasteiger partial charge in [0, 0.05) is 12.3 Å². The van der Waals surface area contributed by atoms with E-state index >= 15 is 0 Å². The van der Waals surface area contributed by atoms with Gasteiger partial charge >= 0.3 is 5.97 Å². The van der Waals surface area contributed by atoms with E-state index in [1.54, 1.807) is 13.0 Å². The molecule has 1 aromatic rings. The third-order valence-corrected chi connectivity index (χ3v) is 4.08. The fourth-order valence-corrected chi connectivity index (χ4v) is 2.01. The molecule has 1 N–H and O–H groups in total. The summed E-state index contributed by atoms with van der Waals surface area (Å²) in [6, 6.07) is 3.17. The summed E-state index contributed by atoms with van der Waals surface area (Å²) in [7, 11) is -1.68. The van der Waals surface area contributed by atoms with E-state index in [4.69, 9.17) is 4.42 Å². The molecular formula is C11H17NO5S. The highest BCUT2D eigenvalue weighted by Gasteiger charge is 2.11. The molecule has 0 aliphatic heterocycles. The number of hydrogen-bond donors (Lipinski definition) is 1. The lowest BCUT2D eigenvalue weighted by atomic mass is 10.4. The van der Waals surface area contributed by atoms with E-state index in [-0.39, 0.29) is 17.3 Å². The number of methoxy groups -OCH3 is 1. The third kappa shape index (κ3) is 4.50. The van der Waals surface area contributed by atoms with Gasteiger partial charge in [0.15, 0.2) is 9.84 Å². The van der Waals surface area contributed by atoms with Gasteiger partial charge in [0.1, 0.15) is 5.76 Å². The number of esters is 1. The maximum absolute atomic E-state index is 11.2. The number of rotatable bonds is 7. The molecule has 0 unspecified atom stereocenters. The maximum atomic E-state index is 11.2. The van der Waals surface area contributed by atoms with Crippen LogP contribution in [0.4, 0.5) is 0 Å². The Labute approximate surface area is 106 Å². The van der Waals surface area contributed by atoms with Crippen molar-refractivity contribution in [1.29, 1.82) is 0 Å². The second-order valence-electron chi connectivity index (χ2n) is 3.67. The molecule has 102 valence electrons. The Morgan fingerprint density at radius 1 is 1.44 bits per heavy atom. The van der Waals surface area contributed by atoms with Gasteiger partial charge in [0.25, 0.3) is 0 Å². The number of carbonyl (C=O) groups excluding carboxylic acids is 1. The summed E-state index contributed by atoms with van der Waals surface area (Å²) in [6.45, 7) is 2.34. The van der Waals surface area contributed by atoms with Crippen LogP contribution < -0.4 is 5.32 Å². The summed E-state index contributed by atoms with van der Waals surface area (Å²) >= 11 is 0. The zero-order chi connectivity index (χ0) is 13.6. The molecule has 0 aliphatic carbocycles. The Hall–Kier alpha value is -1.34. The van der Waals surface area contributed by atoms with Gasteiger partial charge < -0.3 is 14.5 Å². The maximum Gasteiger partial charge on any atom is 0.373 e. The average Bonchev–Trinajstić information content (AvgIpc) is 2.82. The van der Waals surface area contributed by atoms with Crippen LogP contribution in [0, 0.1) is 0 Å². The molecule has 1 aromatic heterocycles. The molecule has 0 saturated heterocycles. The first-order valence-corrected chi connectivity index (χ1v) is 7.39. The van der Waals surface area contributed by atoms with E-state index in [2.05, 4.69) is 10.1 Å². The van der Waals surface area contributed by atoms with Crippen molar-refractivity contribution in [3.63, 3.8) is 0 Å². The molecule has 1 heterocycles. The van der Waals surface area contributed by atoms with Gasteiger partial charge in [-0.05, 0) is 12.1 Å². The zero-order valence-electron chi connectivity index (χ0n) is 10.4. The van der Waals surface area contributed by atoms with Gasteiger partial charge in [-0.15, -0.1) is 0 Å². The predicted octanol–water partition coefficient (Wildman–Crippen LogP) is 0.590. The van der Waals surface area contributed by atoms with Gasteiger partial charge in [0.2, 0.25) is 5.76 Å². The van der Waals surface area contributed by atoms with Crippen molar-refractivity contribution in [3.8, 4) is 0 Å². The minimum atomic E-state index is -2.95. The van der Waals surface area contributed by atoms with E-state index in [9.17, 15) is 13.2 Å². The van der Waals surface area contributed by atoms with Gasteiger partial charge in [-0.25, -0.2) is 13.2 Å². The topological polar surface area (TPSA) is 85.6 Å². The van der Waals surface area contributed by atoms with Crippen molar-refractivity contribution in [1.82, 2.24) is 5.32 Å². The van der Waals surface area contributed by atoms with E-state index in [1.165, 1.54) is 13.2 Å². The molecule has 0 saturated carbocycles. The van der Waals surface area contributed by atoms with E-state index in [0.717, 1.165) is 0 Å². The van der Waals surface area contributed by atoms with Gasteiger partial charge in [-0.1, -0.05) is 6.92 Å². The number of sulfone groups is 1.